The van der Waals surface area contributed by atoms with Gasteiger partial charge in [0.25, 0.3) is 0 Å². The van der Waals surface area contributed by atoms with E-state index in [-0.39, 0.29) is 23.6 Å². The molecule has 0 bridgehead atoms. The highest BCUT2D eigenvalue weighted by atomic mass is 32.2. The second kappa shape index (κ2) is 7.86. The van der Waals surface area contributed by atoms with E-state index in [1.165, 1.54) is 24.9 Å². The third-order valence-corrected chi connectivity index (χ3v) is 5.51. The van der Waals surface area contributed by atoms with Gasteiger partial charge in [-0.2, -0.15) is 0 Å². The highest BCUT2D eigenvalue weighted by Crippen LogP contribution is 2.49. The van der Waals surface area contributed by atoms with Crippen molar-refractivity contribution in [2.24, 2.45) is 0 Å². The molecule has 3 rings (SSSR count). The van der Waals surface area contributed by atoms with Gasteiger partial charge in [-0.05, 0) is 18.2 Å². The Labute approximate surface area is 156 Å². The van der Waals surface area contributed by atoms with Crippen molar-refractivity contribution in [2.75, 3.05) is 27.1 Å². The van der Waals surface area contributed by atoms with Crippen LogP contribution in [-0.2, 0) is 11.3 Å². The Hall–Kier alpha value is -2.41. The van der Waals surface area contributed by atoms with Crippen molar-refractivity contribution in [3.63, 3.8) is 0 Å². The first-order valence-electron chi connectivity index (χ1n) is 8.04. The summed E-state index contributed by atoms with van der Waals surface area (Å²) in [5.74, 6) is 1.49. The van der Waals surface area contributed by atoms with Crippen LogP contribution in [0.5, 0.6) is 17.2 Å². The molecule has 0 aromatic heterocycles. The number of amides is 1. The molecule has 1 aliphatic rings. The maximum Gasteiger partial charge on any atom is 0.234 e. The molecule has 0 N–H and O–H groups in total. The topological polar surface area (TPSA) is 48.0 Å². The van der Waals surface area contributed by atoms with E-state index in [0.29, 0.717) is 28.6 Å². The summed E-state index contributed by atoms with van der Waals surface area (Å²) in [5, 5.41) is -0.295. The van der Waals surface area contributed by atoms with E-state index in [2.05, 4.69) is 0 Å². The van der Waals surface area contributed by atoms with Crippen LogP contribution in [0.15, 0.2) is 36.4 Å². The summed E-state index contributed by atoms with van der Waals surface area (Å²) in [6.07, 6.45) is 0. The lowest BCUT2D eigenvalue weighted by Gasteiger charge is -2.27. The number of halogens is 1. The zero-order chi connectivity index (χ0) is 18.7. The number of rotatable bonds is 6. The van der Waals surface area contributed by atoms with E-state index in [9.17, 15) is 9.18 Å². The molecule has 1 fully saturated rings. The molecule has 1 unspecified atom stereocenters. The molecule has 0 saturated carbocycles. The fourth-order valence-corrected chi connectivity index (χ4v) is 4.22. The fourth-order valence-electron chi connectivity index (χ4n) is 3.01. The first-order chi connectivity index (χ1) is 12.6. The van der Waals surface area contributed by atoms with Crippen molar-refractivity contribution in [2.45, 2.75) is 11.9 Å². The van der Waals surface area contributed by atoms with Gasteiger partial charge in [0.15, 0.2) is 11.5 Å². The molecule has 1 atom stereocenters. The van der Waals surface area contributed by atoms with Crippen LogP contribution in [0.4, 0.5) is 4.39 Å². The number of thioether (sulfide) groups is 1. The Kier molecular flexibility index (Phi) is 5.56. The summed E-state index contributed by atoms with van der Waals surface area (Å²) < 4.78 is 30.4. The highest BCUT2D eigenvalue weighted by Gasteiger charge is 2.36. The zero-order valence-electron chi connectivity index (χ0n) is 14.8. The van der Waals surface area contributed by atoms with Crippen LogP contribution in [0.1, 0.15) is 16.5 Å². The molecule has 26 heavy (non-hydrogen) atoms. The van der Waals surface area contributed by atoms with Crippen LogP contribution in [0.2, 0.25) is 0 Å². The molecule has 0 aliphatic carbocycles. The summed E-state index contributed by atoms with van der Waals surface area (Å²) in [4.78, 5) is 14.1. The molecular weight excluding hydrogens is 357 g/mol. The maximum atomic E-state index is 14.1. The van der Waals surface area contributed by atoms with Gasteiger partial charge in [-0.25, -0.2) is 4.39 Å². The molecular formula is C19H20FNO4S. The third kappa shape index (κ3) is 3.31. The van der Waals surface area contributed by atoms with Crippen molar-refractivity contribution < 1.29 is 23.4 Å². The lowest BCUT2D eigenvalue weighted by molar-refractivity contribution is -0.128. The molecule has 1 amide bonds. The van der Waals surface area contributed by atoms with Crippen molar-refractivity contribution >= 4 is 17.7 Å². The van der Waals surface area contributed by atoms with Gasteiger partial charge in [0.2, 0.25) is 11.7 Å². The van der Waals surface area contributed by atoms with E-state index < -0.39 is 0 Å². The van der Waals surface area contributed by atoms with Gasteiger partial charge in [-0.15, -0.1) is 11.8 Å². The molecule has 1 heterocycles. The Morgan fingerprint density at radius 1 is 1.08 bits per heavy atom. The maximum absolute atomic E-state index is 14.1. The van der Waals surface area contributed by atoms with E-state index in [4.69, 9.17) is 14.2 Å². The zero-order valence-corrected chi connectivity index (χ0v) is 15.6. The molecule has 138 valence electrons. The lowest BCUT2D eigenvalue weighted by Crippen LogP contribution is -2.28. The molecule has 1 aliphatic heterocycles. The van der Waals surface area contributed by atoms with Crippen LogP contribution in [0.25, 0.3) is 0 Å². The number of carbonyl (C=O) groups excluding carboxylic acids is 1. The van der Waals surface area contributed by atoms with E-state index in [1.807, 2.05) is 6.07 Å². The number of ether oxygens (including phenoxy) is 3. The van der Waals surface area contributed by atoms with Crippen molar-refractivity contribution in [1.29, 1.82) is 0 Å². The second-order valence-electron chi connectivity index (χ2n) is 5.70. The van der Waals surface area contributed by atoms with Crippen LogP contribution in [0.3, 0.4) is 0 Å². The SMILES string of the molecule is COc1ccc(C2SCC(=O)N2Cc2ccccc2F)c(OC)c1OC. The lowest BCUT2D eigenvalue weighted by atomic mass is 10.1. The number of hydrogen-bond acceptors (Lipinski definition) is 5. The Morgan fingerprint density at radius 2 is 1.81 bits per heavy atom. The quantitative estimate of drug-likeness (QED) is 0.769. The van der Waals surface area contributed by atoms with Gasteiger partial charge in [-0.1, -0.05) is 18.2 Å². The average Bonchev–Trinajstić information content (AvgIpc) is 3.02. The summed E-state index contributed by atoms with van der Waals surface area (Å²) in [6.45, 7) is 0.195. The molecule has 5 nitrogen and oxygen atoms in total. The van der Waals surface area contributed by atoms with Gasteiger partial charge < -0.3 is 19.1 Å². The second-order valence-corrected chi connectivity index (χ2v) is 6.77. The monoisotopic (exact) mass is 377 g/mol. The predicted molar refractivity (Wildman–Crippen MR) is 98.2 cm³/mol. The largest absolute Gasteiger partial charge is 0.493 e. The number of carbonyl (C=O) groups is 1. The summed E-state index contributed by atoms with van der Waals surface area (Å²) >= 11 is 1.48. The first kappa shape index (κ1) is 18.4. The summed E-state index contributed by atoms with van der Waals surface area (Å²) in [5.41, 5.74) is 1.27. The van der Waals surface area contributed by atoms with Crippen LogP contribution >= 0.6 is 11.8 Å². The van der Waals surface area contributed by atoms with Crippen molar-refractivity contribution in [3.05, 3.63) is 53.3 Å². The molecule has 7 heteroatoms. The van der Waals surface area contributed by atoms with Gasteiger partial charge in [-0.3, -0.25) is 4.79 Å². The number of methoxy groups -OCH3 is 3. The fraction of sp³-hybridized carbons (Fsp3) is 0.316. The molecule has 2 aromatic carbocycles. The van der Waals surface area contributed by atoms with Crippen LogP contribution in [-0.4, -0.2) is 37.9 Å². The molecule has 2 aromatic rings. The Morgan fingerprint density at radius 3 is 2.46 bits per heavy atom. The predicted octanol–water partition coefficient (Wildman–Crippen LogP) is 3.63. The van der Waals surface area contributed by atoms with Gasteiger partial charge in [0.1, 0.15) is 11.2 Å². The standard InChI is InChI=1S/C19H20FNO4S/c1-23-15-9-8-13(17(24-2)18(15)25-3)19-21(16(22)11-26-19)10-12-6-4-5-7-14(12)20/h4-9,19H,10-11H2,1-3H3. The minimum absolute atomic E-state index is 0.0416. The molecule has 0 spiro atoms. The number of hydrogen-bond donors (Lipinski definition) is 0. The van der Waals surface area contributed by atoms with E-state index in [1.54, 1.807) is 43.4 Å². The Balaban J connectivity index is 1.99. The normalized spacial score (nSPS) is 16.7. The van der Waals surface area contributed by atoms with Crippen LogP contribution in [0, 0.1) is 5.82 Å². The van der Waals surface area contributed by atoms with Gasteiger partial charge >= 0.3 is 0 Å². The number of nitrogens with zero attached hydrogens (tertiary/aromatic N) is 1. The number of benzene rings is 2. The highest BCUT2D eigenvalue weighted by molar-refractivity contribution is 8.00. The average molecular weight is 377 g/mol. The molecule has 0 radical (unpaired) electrons. The van der Waals surface area contributed by atoms with Crippen LogP contribution < -0.4 is 14.2 Å². The molecule has 1 saturated heterocycles. The first-order valence-corrected chi connectivity index (χ1v) is 9.09. The minimum Gasteiger partial charge on any atom is -0.493 e. The van der Waals surface area contributed by atoms with E-state index >= 15 is 0 Å². The minimum atomic E-state index is -0.324. The van der Waals surface area contributed by atoms with Crippen molar-refractivity contribution in [3.8, 4) is 17.2 Å². The summed E-state index contributed by atoms with van der Waals surface area (Å²) in [6, 6.07) is 10.1. The van der Waals surface area contributed by atoms with Gasteiger partial charge in [0.05, 0.1) is 27.1 Å². The van der Waals surface area contributed by atoms with Crippen molar-refractivity contribution in [1.82, 2.24) is 4.90 Å². The smallest absolute Gasteiger partial charge is 0.234 e. The third-order valence-electron chi connectivity index (χ3n) is 4.27. The van der Waals surface area contributed by atoms with Gasteiger partial charge in [0, 0.05) is 17.7 Å². The van der Waals surface area contributed by atoms with E-state index in [0.717, 1.165) is 5.56 Å². The Bertz CT molecular complexity index is 814. The summed E-state index contributed by atoms with van der Waals surface area (Å²) in [7, 11) is 4.63.